The van der Waals surface area contributed by atoms with Crippen LogP contribution in [0, 0.1) is 30.6 Å². The van der Waals surface area contributed by atoms with Crippen molar-refractivity contribution in [3.8, 4) is 0 Å². The zero-order chi connectivity index (χ0) is 10.7. The molecular weight excluding hydrogens is 240 g/mol. The van der Waals surface area contributed by atoms with Gasteiger partial charge in [-0.2, -0.15) is 0 Å². The van der Waals surface area contributed by atoms with Crippen molar-refractivity contribution in [3.05, 3.63) is 30.6 Å². The summed E-state index contributed by atoms with van der Waals surface area (Å²) in [6, 6.07) is 0. The number of hydrogen-bond acceptors (Lipinski definition) is 7. The van der Waals surface area contributed by atoms with E-state index >= 15 is 0 Å². The molecule has 0 unspecified atom stereocenters. The van der Waals surface area contributed by atoms with Gasteiger partial charge in [-0.05, 0) is 13.8 Å². The van der Waals surface area contributed by atoms with Crippen LogP contribution < -0.4 is 0 Å². The summed E-state index contributed by atoms with van der Waals surface area (Å²) in [4.78, 5) is 16.5. The van der Waals surface area contributed by atoms with Crippen molar-refractivity contribution in [1.29, 1.82) is 0 Å². The van der Waals surface area contributed by atoms with Crippen LogP contribution in [-0.4, -0.2) is 21.4 Å². The van der Waals surface area contributed by atoms with Crippen LogP contribution in [-0.2, 0) is 17.1 Å². The summed E-state index contributed by atoms with van der Waals surface area (Å²) in [6.07, 6.45) is -0.167. The van der Waals surface area contributed by atoms with Gasteiger partial charge in [0.15, 0.2) is 0 Å². The molecule has 83 valence electrons. The molecule has 0 aromatic rings. The minimum Gasteiger partial charge on any atom is -0.394 e. The van der Waals surface area contributed by atoms with Crippen molar-refractivity contribution in [3.63, 3.8) is 0 Å². The van der Waals surface area contributed by atoms with Crippen molar-refractivity contribution >= 4 is 0 Å². The monoisotopic (exact) mass is 247 g/mol. The molecule has 0 amide bonds. The standard InChI is InChI=1S/C3H8O.Cu.2NO3/c1-3(2)4;;2*2-1(3)4/h3-4H,1-2H3;;;/q;+2;2*-1. The average Bonchev–Trinajstić information content (AvgIpc) is 1.54. The Kier molecular flexibility index (Phi) is 29.8. The minimum absolute atomic E-state index is 0. The first-order valence-corrected chi connectivity index (χ1v) is 2.51. The maximum absolute atomic E-state index is 8.25. The summed E-state index contributed by atoms with van der Waals surface area (Å²) in [5.74, 6) is 0. The van der Waals surface area contributed by atoms with Gasteiger partial charge in [-0.3, -0.25) is 0 Å². The molecule has 0 rings (SSSR count). The maximum Gasteiger partial charge on any atom is 2.00 e. The Morgan fingerprint density at radius 2 is 1.00 bits per heavy atom. The molecule has 0 atom stereocenters. The second kappa shape index (κ2) is 17.1. The molecule has 10 heteroatoms. The second-order valence-electron chi connectivity index (χ2n) is 1.54. The molecule has 0 aliphatic rings. The van der Waals surface area contributed by atoms with Crippen LogP contribution in [0.15, 0.2) is 0 Å². The summed E-state index contributed by atoms with van der Waals surface area (Å²) in [6.45, 7) is 3.44. The topological polar surface area (TPSA) is 153 Å². The fourth-order valence-corrected chi connectivity index (χ4v) is 0. The Labute approximate surface area is 83.7 Å². The van der Waals surface area contributed by atoms with E-state index in [1.54, 1.807) is 13.8 Å². The molecule has 0 heterocycles. The third-order valence-electron chi connectivity index (χ3n) is 0. The van der Waals surface area contributed by atoms with Crippen LogP contribution in [0.25, 0.3) is 0 Å². The van der Waals surface area contributed by atoms with E-state index in [0.717, 1.165) is 0 Å². The van der Waals surface area contributed by atoms with Crippen LogP contribution >= 0.6 is 0 Å². The van der Waals surface area contributed by atoms with Gasteiger partial charge in [0, 0.05) is 6.10 Å². The summed E-state index contributed by atoms with van der Waals surface area (Å²) in [5, 5.41) is 37.6. The van der Waals surface area contributed by atoms with Gasteiger partial charge in [-0.25, -0.2) is 0 Å². The zero-order valence-electron chi connectivity index (χ0n) is 6.67. The van der Waals surface area contributed by atoms with E-state index in [2.05, 4.69) is 0 Å². The molecule has 0 spiro atoms. The predicted octanol–water partition coefficient (Wildman–Crippen LogP) is -0.0936. The number of hydrogen-bond donors (Lipinski definition) is 1. The minimum atomic E-state index is -1.75. The summed E-state index contributed by atoms with van der Waals surface area (Å²) >= 11 is 0. The first kappa shape index (κ1) is 22.6. The Hall–Kier alpha value is -1.12. The van der Waals surface area contributed by atoms with Gasteiger partial charge >= 0.3 is 17.1 Å². The largest absolute Gasteiger partial charge is 2.00 e. The van der Waals surface area contributed by atoms with Gasteiger partial charge < -0.3 is 35.7 Å². The number of rotatable bonds is 0. The van der Waals surface area contributed by atoms with Gasteiger partial charge in [0.05, 0.1) is 10.2 Å². The quantitative estimate of drug-likeness (QED) is 0.356. The van der Waals surface area contributed by atoms with E-state index in [0.29, 0.717) is 0 Å². The first-order chi connectivity index (χ1) is 5.20. The normalized spacial score (nSPS) is 6.46. The summed E-state index contributed by atoms with van der Waals surface area (Å²) in [5.41, 5.74) is 0. The first-order valence-electron chi connectivity index (χ1n) is 2.51. The number of nitrogens with zero attached hydrogens (tertiary/aromatic N) is 2. The van der Waals surface area contributed by atoms with Crippen LogP contribution in [0.4, 0.5) is 0 Å². The second-order valence-corrected chi connectivity index (χ2v) is 1.54. The van der Waals surface area contributed by atoms with E-state index in [9.17, 15) is 0 Å². The number of aliphatic hydroxyl groups is 1. The van der Waals surface area contributed by atoms with Gasteiger partial charge in [-0.1, -0.05) is 0 Å². The van der Waals surface area contributed by atoms with Crippen LogP contribution in [0.3, 0.4) is 0 Å². The van der Waals surface area contributed by atoms with Gasteiger partial charge in [-0.15, -0.1) is 0 Å². The maximum atomic E-state index is 8.25. The summed E-state index contributed by atoms with van der Waals surface area (Å²) < 4.78 is 0. The molecule has 0 saturated heterocycles. The Balaban J connectivity index is -0.0000000450. The molecule has 9 nitrogen and oxygen atoms in total. The SMILES string of the molecule is CC(C)O.O=[N+]([O-])[O-].O=[N+]([O-])[O-].[Cu+2]. The molecule has 0 aromatic carbocycles. The van der Waals surface area contributed by atoms with E-state index in [1.165, 1.54) is 0 Å². The van der Waals surface area contributed by atoms with Crippen LogP contribution in [0.2, 0.25) is 0 Å². The summed E-state index contributed by atoms with van der Waals surface area (Å²) in [7, 11) is 0. The zero-order valence-corrected chi connectivity index (χ0v) is 7.61. The average molecular weight is 248 g/mol. The molecule has 1 radical (unpaired) electrons. The van der Waals surface area contributed by atoms with Crippen molar-refractivity contribution in [1.82, 2.24) is 0 Å². The molecule has 0 saturated carbocycles. The Morgan fingerprint density at radius 3 is 1.00 bits per heavy atom. The molecule has 13 heavy (non-hydrogen) atoms. The molecule has 0 aliphatic carbocycles. The van der Waals surface area contributed by atoms with Gasteiger partial charge in [0.1, 0.15) is 0 Å². The Morgan fingerprint density at radius 1 is 1.00 bits per heavy atom. The molecule has 1 N–H and O–H groups in total. The molecular formula is C3H8CuN2O7. The molecule has 0 aliphatic heterocycles. The number of aliphatic hydroxyl groups excluding tert-OH is 1. The smallest absolute Gasteiger partial charge is 0.394 e. The fraction of sp³-hybridized carbons (Fsp3) is 1.00. The van der Waals surface area contributed by atoms with Crippen molar-refractivity contribution < 1.29 is 32.3 Å². The molecule has 0 bridgehead atoms. The van der Waals surface area contributed by atoms with Crippen LogP contribution in [0.1, 0.15) is 13.8 Å². The van der Waals surface area contributed by atoms with Crippen molar-refractivity contribution in [2.24, 2.45) is 0 Å². The van der Waals surface area contributed by atoms with Gasteiger partial charge in [0.2, 0.25) is 0 Å². The van der Waals surface area contributed by atoms with E-state index in [1.807, 2.05) is 0 Å². The molecule has 0 aromatic heterocycles. The van der Waals surface area contributed by atoms with E-state index in [-0.39, 0.29) is 23.2 Å². The predicted molar refractivity (Wildman–Crippen MR) is 38.1 cm³/mol. The van der Waals surface area contributed by atoms with Gasteiger partial charge in [0.25, 0.3) is 0 Å². The van der Waals surface area contributed by atoms with E-state index < -0.39 is 10.2 Å². The van der Waals surface area contributed by atoms with E-state index in [4.69, 9.17) is 35.7 Å². The third-order valence-corrected chi connectivity index (χ3v) is 0. The fourth-order valence-electron chi connectivity index (χ4n) is 0. The third kappa shape index (κ3) is 683. The Bertz CT molecular complexity index is 106. The van der Waals surface area contributed by atoms with Crippen LogP contribution in [0.5, 0.6) is 0 Å². The van der Waals surface area contributed by atoms with Crippen molar-refractivity contribution in [2.45, 2.75) is 20.0 Å². The van der Waals surface area contributed by atoms with Crippen molar-refractivity contribution in [2.75, 3.05) is 0 Å². The molecule has 0 fully saturated rings.